The van der Waals surface area contributed by atoms with Crippen LogP contribution in [0.1, 0.15) is 35.6 Å². The highest BCUT2D eigenvalue weighted by molar-refractivity contribution is 5.72. The summed E-state index contributed by atoms with van der Waals surface area (Å²) in [6, 6.07) is 11.0. The molecule has 0 aromatic heterocycles. The number of fused-ring (bicyclic) bond motifs is 1. The molecule has 0 heterocycles. The summed E-state index contributed by atoms with van der Waals surface area (Å²) in [5.41, 5.74) is 8.88. The first-order valence-corrected chi connectivity index (χ1v) is 8.82. The number of nitrogens with one attached hydrogen (secondary N) is 1. The van der Waals surface area contributed by atoms with Crippen molar-refractivity contribution in [2.45, 2.75) is 40.0 Å². The standard InChI is InChI=1S/C21H27N3/c1-5-24(4)14-22-20-12-16(3)21(13-15(20)2)23-19-11-7-9-17-8-6-10-18(17)19/h7,9,11-14,23H,5-6,8,10H2,1-4H3/b22-14-. The van der Waals surface area contributed by atoms with E-state index in [0.717, 1.165) is 12.2 Å². The highest BCUT2D eigenvalue weighted by Crippen LogP contribution is 2.33. The van der Waals surface area contributed by atoms with Gasteiger partial charge in [-0.25, -0.2) is 4.99 Å². The molecule has 1 aliphatic carbocycles. The largest absolute Gasteiger partial charge is 0.366 e. The van der Waals surface area contributed by atoms with Crippen molar-refractivity contribution in [3.05, 3.63) is 52.6 Å². The molecular weight excluding hydrogens is 294 g/mol. The van der Waals surface area contributed by atoms with Crippen LogP contribution in [0.4, 0.5) is 17.1 Å². The van der Waals surface area contributed by atoms with E-state index >= 15 is 0 Å². The van der Waals surface area contributed by atoms with Crippen molar-refractivity contribution >= 4 is 23.4 Å². The average Bonchev–Trinajstić information content (AvgIpc) is 3.06. The number of aliphatic imine (C=N–C) groups is 1. The van der Waals surface area contributed by atoms with Crippen molar-refractivity contribution in [2.24, 2.45) is 4.99 Å². The van der Waals surface area contributed by atoms with Gasteiger partial charge in [-0.1, -0.05) is 12.1 Å². The van der Waals surface area contributed by atoms with Crippen LogP contribution in [0, 0.1) is 13.8 Å². The lowest BCUT2D eigenvalue weighted by atomic mass is 10.1. The molecule has 0 unspecified atom stereocenters. The average molecular weight is 321 g/mol. The molecule has 0 spiro atoms. The molecule has 0 saturated carbocycles. The summed E-state index contributed by atoms with van der Waals surface area (Å²) in [4.78, 5) is 6.69. The summed E-state index contributed by atoms with van der Waals surface area (Å²) in [7, 11) is 2.04. The predicted octanol–water partition coefficient (Wildman–Crippen LogP) is 5.15. The molecule has 2 aromatic rings. The maximum Gasteiger partial charge on any atom is 0.0909 e. The van der Waals surface area contributed by atoms with Gasteiger partial charge in [-0.15, -0.1) is 0 Å². The lowest BCUT2D eigenvalue weighted by molar-refractivity contribution is 0.552. The minimum Gasteiger partial charge on any atom is -0.366 e. The molecule has 0 bridgehead atoms. The topological polar surface area (TPSA) is 27.6 Å². The zero-order valence-electron chi connectivity index (χ0n) is 15.2. The van der Waals surface area contributed by atoms with E-state index in [-0.39, 0.29) is 0 Å². The van der Waals surface area contributed by atoms with Gasteiger partial charge < -0.3 is 10.2 Å². The first kappa shape index (κ1) is 16.6. The number of aryl methyl sites for hydroxylation is 3. The number of hydrogen-bond donors (Lipinski definition) is 1. The maximum atomic E-state index is 4.62. The van der Waals surface area contributed by atoms with E-state index in [1.165, 1.54) is 52.9 Å². The van der Waals surface area contributed by atoms with Crippen molar-refractivity contribution < 1.29 is 0 Å². The number of hydrogen-bond acceptors (Lipinski definition) is 2. The van der Waals surface area contributed by atoms with Gasteiger partial charge in [0.05, 0.1) is 12.0 Å². The van der Waals surface area contributed by atoms with E-state index in [1.54, 1.807) is 0 Å². The molecule has 0 aliphatic heterocycles. The minimum atomic E-state index is 0.959. The Labute approximate surface area is 145 Å². The second-order valence-corrected chi connectivity index (χ2v) is 6.69. The molecule has 1 aliphatic rings. The Hall–Kier alpha value is -2.29. The second-order valence-electron chi connectivity index (χ2n) is 6.69. The molecular formula is C21H27N3. The van der Waals surface area contributed by atoms with Gasteiger partial charge in [0.1, 0.15) is 0 Å². The summed E-state index contributed by atoms with van der Waals surface area (Å²) >= 11 is 0. The molecule has 24 heavy (non-hydrogen) atoms. The second kappa shape index (κ2) is 7.08. The number of anilines is 2. The molecule has 3 heteroatoms. The van der Waals surface area contributed by atoms with Crippen LogP contribution in [0.3, 0.4) is 0 Å². The van der Waals surface area contributed by atoms with Crippen LogP contribution in [0.15, 0.2) is 35.3 Å². The third kappa shape index (κ3) is 3.45. The Morgan fingerprint density at radius 1 is 1.12 bits per heavy atom. The minimum absolute atomic E-state index is 0.959. The molecule has 0 atom stereocenters. The van der Waals surface area contributed by atoms with Crippen LogP contribution in [-0.4, -0.2) is 24.8 Å². The Morgan fingerprint density at radius 3 is 2.75 bits per heavy atom. The summed E-state index contributed by atoms with van der Waals surface area (Å²) in [5, 5.41) is 3.65. The van der Waals surface area contributed by atoms with E-state index < -0.39 is 0 Å². The van der Waals surface area contributed by atoms with Crippen LogP contribution in [-0.2, 0) is 12.8 Å². The Balaban J connectivity index is 1.86. The lowest BCUT2D eigenvalue weighted by Gasteiger charge is -2.15. The van der Waals surface area contributed by atoms with Gasteiger partial charge in [-0.05, 0) is 80.5 Å². The van der Waals surface area contributed by atoms with Gasteiger partial charge in [0, 0.05) is 25.0 Å². The fourth-order valence-electron chi connectivity index (χ4n) is 3.20. The Bertz CT molecular complexity index is 762. The van der Waals surface area contributed by atoms with E-state index in [0.29, 0.717) is 0 Å². The molecule has 3 nitrogen and oxygen atoms in total. The smallest absolute Gasteiger partial charge is 0.0909 e. The highest BCUT2D eigenvalue weighted by Gasteiger charge is 2.15. The summed E-state index contributed by atoms with van der Waals surface area (Å²) < 4.78 is 0. The van der Waals surface area contributed by atoms with E-state index in [2.05, 4.69) is 66.3 Å². The predicted molar refractivity (Wildman–Crippen MR) is 104 cm³/mol. The van der Waals surface area contributed by atoms with Crippen molar-refractivity contribution in [3.8, 4) is 0 Å². The van der Waals surface area contributed by atoms with Crippen molar-refractivity contribution in [2.75, 3.05) is 18.9 Å². The van der Waals surface area contributed by atoms with E-state index in [4.69, 9.17) is 0 Å². The van der Waals surface area contributed by atoms with Crippen LogP contribution in [0.25, 0.3) is 0 Å². The fraction of sp³-hybridized carbons (Fsp3) is 0.381. The van der Waals surface area contributed by atoms with Gasteiger partial charge in [0.25, 0.3) is 0 Å². The van der Waals surface area contributed by atoms with Gasteiger partial charge in [-0.3, -0.25) is 0 Å². The molecule has 2 aromatic carbocycles. The molecule has 126 valence electrons. The van der Waals surface area contributed by atoms with Crippen molar-refractivity contribution in [1.82, 2.24) is 4.90 Å². The zero-order valence-corrected chi connectivity index (χ0v) is 15.2. The summed E-state index contributed by atoms with van der Waals surface area (Å²) in [6.45, 7) is 7.35. The van der Waals surface area contributed by atoms with E-state index in [1.807, 2.05) is 13.4 Å². The fourth-order valence-corrected chi connectivity index (χ4v) is 3.20. The number of nitrogens with zero attached hydrogens (tertiary/aromatic N) is 2. The maximum absolute atomic E-state index is 4.62. The van der Waals surface area contributed by atoms with Crippen LogP contribution >= 0.6 is 0 Å². The normalized spacial score (nSPS) is 13.3. The number of benzene rings is 2. The van der Waals surface area contributed by atoms with Crippen molar-refractivity contribution in [1.29, 1.82) is 0 Å². The van der Waals surface area contributed by atoms with Gasteiger partial charge in [0.15, 0.2) is 0 Å². The van der Waals surface area contributed by atoms with Crippen LogP contribution in [0.2, 0.25) is 0 Å². The first-order valence-electron chi connectivity index (χ1n) is 8.82. The SMILES string of the molecule is CCN(C)/C=N\c1cc(C)c(Nc2cccc3c2CCC3)cc1C. The molecule has 0 fully saturated rings. The first-order chi connectivity index (χ1) is 11.6. The monoisotopic (exact) mass is 321 g/mol. The quantitative estimate of drug-likeness (QED) is 0.609. The Kier molecular flexibility index (Phi) is 4.89. The van der Waals surface area contributed by atoms with Crippen LogP contribution in [0.5, 0.6) is 0 Å². The summed E-state index contributed by atoms with van der Waals surface area (Å²) in [6.07, 6.45) is 5.56. The molecule has 0 radical (unpaired) electrons. The Morgan fingerprint density at radius 2 is 1.96 bits per heavy atom. The number of rotatable bonds is 5. The molecule has 0 amide bonds. The molecule has 0 saturated heterocycles. The van der Waals surface area contributed by atoms with Gasteiger partial charge in [0.2, 0.25) is 0 Å². The van der Waals surface area contributed by atoms with Crippen molar-refractivity contribution in [3.63, 3.8) is 0 Å². The third-order valence-electron chi connectivity index (χ3n) is 4.85. The zero-order chi connectivity index (χ0) is 17.1. The lowest BCUT2D eigenvalue weighted by Crippen LogP contribution is -2.14. The molecule has 1 N–H and O–H groups in total. The van der Waals surface area contributed by atoms with Gasteiger partial charge >= 0.3 is 0 Å². The molecule has 3 rings (SSSR count). The van der Waals surface area contributed by atoms with Gasteiger partial charge in [-0.2, -0.15) is 0 Å². The highest BCUT2D eigenvalue weighted by atomic mass is 15.1. The van der Waals surface area contributed by atoms with E-state index in [9.17, 15) is 0 Å². The van der Waals surface area contributed by atoms with Crippen LogP contribution < -0.4 is 5.32 Å². The summed E-state index contributed by atoms with van der Waals surface area (Å²) in [5.74, 6) is 0. The third-order valence-corrected chi connectivity index (χ3v) is 4.85.